The van der Waals surface area contributed by atoms with Crippen molar-refractivity contribution in [2.24, 2.45) is 11.8 Å². The molecule has 2 heterocycles. The molecule has 1 aliphatic carbocycles. The number of likely N-dealkylation sites (tertiary alicyclic amines) is 2. The van der Waals surface area contributed by atoms with Gasteiger partial charge in [-0.2, -0.15) is 0 Å². The summed E-state index contributed by atoms with van der Waals surface area (Å²) in [7, 11) is 0. The Labute approximate surface area is 148 Å². The molecule has 2 heteroatoms. The topological polar surface area (TPSA) is 6.48 Å². The van der Waals surface area contributed by atoms with Crippen molar-refractivity contribution in [3.63, 3.8) is 0 Å². The Morgan fingerprint density at radius 1 is 0.875 bits per heavy atom. The molecular weight excluding hydrogens is 292 g/mol. The molecule has 0 atom stereocenters. The highest BCUT2D eigenvalue weighted by atomic mass is 15.1. The molecule has 132 valence electrons. The van der Waals surface area contributed by atoms with Crippen LogP contribution in [0.3, 0.4) is 0 Å². The van der Waals surface area contributed by atoms with Crippen molar-refractivity contribution in [3.8, 4) is 0 Å². The van der Waals surface area contributed by atoms with E-state index in [9.17, 15) is 0 Å². The molecule has 1 aromatic carbocycles. The third-order valence-electron chi connectivity index (χ3n) is 6.68. The summed E-state index contributed by atoms with van der Waals surface area (Å²) in [5.41, 5.74) is 3.09. The van der Waals surface area contributed by atoms with E-state index in [0.717, 1.165) is 24.3 Å². The van der Waals surface area contributed by atoms with Crippen LogP contribution in [0.5, 0.6) is 0 Å². The lowest BCUT2D eigenvalue weighted by atomic mass is 9.71. The van der Waals surface area contributed by atoms with E-state index in [1.807, 2.05) is 0 Å². The number of nitrogens with zero attached hydrogens (tertiary/aromatic N) is 2. The fourth-order valence-electron chi connectivity index (χ4n) is 4.86. The van der Waals surface area contributed by atoms with Crippen LogP contribution in [-0.4, -0.2) is 42.5 Å². The largest absolute Gasteiger partial charge is 0.303 e. The third kappa shape index (κ3) is 4.03. The standard InChI is InChI=1S/C22H34N2/c1-18-8-12-24(13-9-18)17-20-14-22(15-20)21-6-4-19(5-7-21)16-23-10-2-3-11-23/h4-7,18,20,22H,2-3,8-17H2,1H3/t20-,22-. The Morgan fingerprint density at radius 2 is 1.54 bits per heavy atom. The SMILES string of the molecule is CC1CCN(C[C@H]2C[C@H](c3ccc(CN4CCCC4)cc3)C2)CC1. The van der Waals surface area contributed by atoms with E-state index in [1.165, 1.54) is 76.8 Å². The predicted molar refractivity (Wildman–Crippen MR) is 101 cm³/mol. The zero-order chi connectivity index (χ0) is 16.4. The second-order valence-corrected chi connectivity index (χ2v) is 8.74. The van der Waals surface area contributed by atoms with Gasteiger partial charge in [-0.25, -0.2) is 0 Å². The average Bonchev–Trinajstić information content (AvgIpc) is 3.06. The molecule has 0 spiro atoms. The third-order valence-corrected chi connectivity index (χ3v) is 6.68. The summed E-state index contributed by atoms with van der Waals surface area (Å²) in [4.78, 5) is 5.31. The summed E-state index contributed by atoms with van der Waals surface area (Å²) in [6.07, 6.45) is 8.42. The molecule has 0 aromatic heterocycles. The van der Waals surface area contributed by atoms with Crippen molar-refractivity contribution >= 4 is 0 Å². The average molecular weight is 327 g/mol. The number of hydrogen-bond acceptors (Lipinski definition) is 2. The first kappa shape index (κ1) is 16.6. The molecule has 0 radical (unpaired) electrons. The number of rotatable bonds is 5. The van der Waals surface area contributed by atoms with Gasteiger partial charge in [-0.3, -0.25) is 4.90 Å². The lowest BCUT2D eigenvalue weighted by molar-refractivity contribution is 0.124. The monoisotopic (exact) mass is 326 g/mol. The maximum absolute atomic E-state index is 2.72. The predicted octanol–water partition coefficient (Wildman–Crippen LogP) is 4.51. The molecule has 0 bridgehead atoms. The maximum atomic E-state index is 2.72. The Morgan fingerprint density at radius 3 is 2.21 bits per heavy atom. The van der Waals surface area contributed by atoms with E-state index >= 15 is 0 Å². The zero-order valence-corrected chi connectivity index (χ0v) is 15.4. The quantitative estimate of drug-likeness (QED) is 0.785. The molecule has 2 saturated heterocycles. The smallest absolute Gasteiger partial charge is 0.0233 e. The molecule has 24 heavy (non-hydrogen) atoms. The Kier molecular flexibility index (Phi) is 5.24. The highest BCUT2D eigenvalue weighted by Crippen LogP contribution is 2.42. The molecule has 0 amide bonds. The van der Waals surface area contributed by atoms with Crippen LogP contribution in [0, 0.1) is 11.8 Å². The minimum absolute atomic E-state index is 0.833. The van der Waals surface area contributed by atoms with Gasteiger partial charge >= 0.3 is 0 Å². The van der Waals surface area contributed by atoms with E-state index < -0.39 is 0 Å². The lowest BCUT2D eigenvalue weighted by Crippen LogP contribution is -2.39. The Balaban J connectivity index is 1.21. The van der Waals surface area contributed by atoms with Crippen LogP contribution in [-0.2, 0) is 6.54 Å². The normalized spacial score (nSPS) is 29.7. The Bertz CT molecular complexity index is 503. The Hall–Kier alpha value is -0.860. The van der Waals surface area contributed by atoms with Crippen molar-refractivity contribution in [3.05, 3.63) is 35.4 Å². The maximum Gasteiger partial charge on any atom is 0.0233 e. The van der Waals surface area contributed by atoms with Crippen LogP contribution in [0.2, 0.25) is 0 Å². The summed E-state index contributed by atoms with van der Waals surface area (Å²) in [6, 6.07) is 9.59. The first-order valence-electron chi connectivity index (χ1n) is 10.3. The first-order chi connectivity index (χ1) is 11.8. The summed E-state index contributed by atoms with van der Waals surface area (Å²) in [5.74, 6) is 2.74. The highest BCUT2D eigenvalue weighted by molar-refractivity contribution is 5.27. The molecule has 3 aliphatic rings. The van der Waals surface area contributed by atoms with Gasteiger partial charge in [0.15, 0.2) is 0 Å². The van der Waals surface area contributed by atoms with Crippen LogP contribution < -0.4 is 0 Å². The number of hydrogen-bond donors (Lipinski definition) is 0. The summed E-state index contributed by atoms with van der Waals surface area (Å²) in [5, 5.41) is 0. The fourth-order valence-corrected chi connectivity index (χ4v) is 4.86. The lowest BCUT2D eigenvalue weighted by Gasteiger charge is -2.40. The molecule has 1 aromatic rings. The molecule has 0 unspecified atom stereocenters. The van der Waals surface area contributed by atoms with Crippen molar-refractivity contribution in [2.45, 2.75) is 57.9 Å². The summed E-state index contributed by atoms with van der Waals surface area (Å²) >= 11 is 0. The minimum Gasteiger partial charge on any atom is -0.303 e. The van der Waals surface area contributed by atoms with Crippen molar-refractivity contribution in [1.29, 1.82) is 0 Å². The molecule has 4 rings (SSSR count). The molecule has 2 nitrogen and oxygen atoms in total. The molecule has 3 fully saturated rings. The second-order valence-electron chi connectivity index (χ2n) is 8.74. The first-order valence-corrected chi connectivity index (χ1v) is 10.3. The van der Waals surface area contributed by atoms with Crippen molar-refractivity contribution < 1.29 is 0 Å². The summed E-state index contributed by atoms with van der Waals surface area (Å²) < 4.78 is 0. The number of piperidine rings is 1. The second kappa shape index (κ2) is 7.58. The minimum atomic E-state index is 0.833. The molecular formula is C22H34N2. The van der Waals surface area contributed by atoms with Crippen molar-refractivity contribution in [2.75, 3.05) is 32.7 Å². The van der Waals surface area contributed by atoms with Crippen LogP contribution in [0.4, 0.5) is 0 Å². The van der Waals surface area contributed by atoms with Gasteiger partial charge in [0.1, 0.15) is 0 Å². The van der Waals surface area contributed by atoms with Gasteiger partial charge in [0.05, 0.1) is 0 Å². The molecule has 1 saturated carbocycles. The van der Waals surface area contributed by atoms with Gasteiger partial charge < -0.3 is 4.90 Å². The van der Waals surface area contributed by atoms with Crippen LogP contribution in [0.1, 0.15) is 62.5 Å². The van der Waals surface area contributed by atoms with Gasteiger partial charge in [-0.1, -0.05) is 31.2 Å². The summed E-state index contributed by atoms with van der Waals surface area (Å²) in [6.45, 7) is 10.2. The van der Waals surface area contributed by atoms with Crippen LogP contribution in [0.25, 0.3) is 0 Å². The molecule has 2 aliphatic heterocycles. The number of benzene rings is 1. The van der Waals surface area contributed by atoms with E-state index in [4.69, 9.17) is 0 Å². The van der Waals surface area contributed by atoms with Gasteiger partial charge in [0.25, 0.3) is 0 Å². The van der Waals surface area contributed by atoms with E-state index in [0.29, 0.717) is 0 Å². The zero-order valence-electron chi connectivity index (χ0n) is 15.4. The van der Waals surface area contributed by atoms with E-state index in [-0.39, 0.29) is 0 Å². The van der Waals surface area contributed by atoms with Gasteiger partial charge in [-0.15, -0.1) is 0 Å². The van der Waals surface area contributed by atoms with Crippen LogP contribution in [0.15, 0.2) is 24.3 Å². The van der Waals surface area contributed by atoms with E-state index in [1.54, 1.807) is 5.56 Å². The fraction of sp³-hybridized carbons (Fsp3) is 0.727. The van der Waals surface area contributed by atoms with E-state index in [2.05, 4.69) is 41.0 Å². The van der Waals surface area contributed by atoms with Gasteiger partial charge in [0.2, 0.25) is 0 Å². The highest BCUT2D eigenvalue weighted by Gasteiger charge is 2.32. The van der Waals surface area contributed by atoms with Crippen molar-refractivity contribution in [1.82, 2.24) is 9.80 Å². The van der Waals surface area contributed by atoms with Gasteiger partial charge in [-0.05, 0) is 93.6 Å². The van der Waals surface area contributed by atoms with Crippen LogP contribution >= 0.6 is 0 Å². The molecule has 0 N–H and O–H groups in total. The van der Waals surface area contributed by atoms with Gasteiger partial charge in [0, 0.05) is 13.1 Å².